The van der Waals surface area contributed by atoms with E-state index in [9.17, 15) is 15.0 Å². The SMILES string of the molecule is O=C1C(c2c(O)[nH]c3ccc(O)cc23)=Nc2ccccc21. The van der Waals surface area contributed by atoms with Crippen molar-refractivity contribution in [3.63, 3.8) is 0 Å². The molecule has 0 bridgehead atoms. The summed E-state index contributed by atoms with van der Waals surface area (Å²) in [5, 5.41) is 20.3. The highest BCUT2D eigenvalue weighted by atomic mass is 16.3. The minimum Gasteiger partial charge on any atom is -0.508 e. The maximum Gasteiger partial charge on any atom is 0.214 e. The van der Waals surface area contributed by atoms with E-state index in [1.165, 1.54) is 12.1 Å². The summed E-state index contributed by atoms with van der Waals surface area (Å²) in [5.74, 6) is -0.299. The Balaban J connectivity index is 1.99. The first kappa shape index (κ1) is 11.7. The molecule has 0 saturated carbocycles. The Bertz CT molecular complexity index is 938. The molecular weight excluding hydrogens is 268 g/mol. The standard InChI is InChI=1S/C16H10N2O3/c19-8-5-6-12-10(7-8)13(16(21)18-12)14-15(20)9-3-1-2-4-11(9)17-14/h1-7,18-19,21H. The first-order valence-corrected chi connectivity index (χ1v) is 6.41. The summed E-state index contributed by atoms with van der Waals surface area (Å²) in [7, 11) is 0. The van der Waals surface area contributed by atoms with Gasteiger partial charge in [-0.15, -0.1) is 0 Å². The van der Waals surface area contributed by atoms with Gasteiger partial charge in [-0.1, -0.05) is 12.1 Å². The molecular formula is C16H10N2O3. The number of hydrogen-bond acceptors (Lipinski definition) is 4. The van der Waals surface area contributed by atoms with Crippen molar-refractivity contribution < 1.29 is 15.0 Å². The number of hydrogen-bond donors (Lipinski definition) is 3. The molecule has 0 saturated heterocycles. The number of rotatable bonds is 1. The van der Waals surface area contributed by atoms with Crippen molar-refractivity contribution in [2.24, 2.45) is 4.99 Å². The first-order chi connectivity index (χ1) is 10.1. The Morgan fingerprint density at radius 2 is 1.86 bits per heavy atom. The van der Waals surface area contributed by atoms with Crippen molar-refractivity contribution >= 4 is 28.1 Å². The molecule has 5 nitrogen and oxygen atoms in total. The molecule has 0 spiro atoms. The van der Waals surface area contributed by atoms with Gasteiger partial charge in [-0.3, -0.25) is 4.79 Å². The molecule has 5 heteroatoms. The zero-order valence-corrected chi connectivity index (χ0v) is 10.8. The maximum absolute atomic E-state index is 12.5. The second kappa shape index (κ2) is 3.96. The number of nitrogens with zero attached hydrogens (tertiary/aromatic N) is 1. The molecule has 102 valence electrons. The predicted octanol–water partition coefficient (Wildman–Crippen LogP) is 2.90. The fourth-order valence-electron chi connectivity index (χ4n) is 2.64. The largest absolute Gasteiger partial charge is 0.508 e. The fraction of sp³-hybridized carbons (Fsp3) is 0. The number of carbonyl (C=O) groups excluding carboxylic acids is 1. The van der Waals surface area contributed by atoms with E-state index in [1.54, 1.807) is 30.3 Å². The zero-order chi connectivity index (χ0) is 14.6. The van der Waals surface area contributed by atoms with Gasteiger partial charge in [0.1, 0.15) is 11.5 Å². The van der Waals surface area contributed by atoms with E-state index in [1.807, 2.05) is 0 Å². The summed E-state index contributed by atoms with van der Waals surface area (Å²) in [5.41, 5.74) is 2.24. The summed E-state index contributed by atoms with van der Waals surface area (Å²) >= 11 is 0. The van der Waals surface area contributed by atoms with Crippen molar-refractivity contribution in [3.05, 3.63) is 53.6 Å². The summed E-state index contributed by atoms with van der Waals surface area (Å²) in [6, 6.07) is 11.7. The number of aromatic amines is 1. The Morgan fingerprint density at radius 1 is 1.05 bits per heavy atom. The van der Waals surface area contributed by atoms with Crippen LogP contribution in [0.4, 0.5) is 5.69 Å². The van der Waals surface area contributed by atoms with Crippen LogP contribution in [0, 0.1) is 0 Å². The molecule has 0 amide bonds. The van der Waals surface area contributed by atoms with Gasteiger partial charge >= 0.3 is 0 Å². The van der Waals surface area contributed by atoms with E-state index in [0.717, 1.165) is 0 Å². The molecule has 2 aromatic carbocycles. The summed E-state index contributed by atoms with van der Waals surface area (Å²) < 4.78 is 0. The molecule has 0 atom stereocenters. The highest BCUT2D eigenvalue weighted by Gasteiger charge is 2.29. The Kier molecular flexibility index (Phi) is 2.21. The number of benzene rings is 2. The summed E-state index contributed by atoms with van der Waals surface area (Å²) in [6.07, 6.45) is 0. The van der Waals surface area contributed by atoms with Crippen molar-refractivity contribution in [2.45, 2.75) is 0 Å². The number of Topliss-reactive ketones (excluding diaryl/α,β-unsaturated/α-hetero) is 1. The smallest absolute Gasteiger partial charge is 0.214 e. The molecule has 0 unspecified atom stereocenters. The fourth-order valence-corrected chi connectivity index (χ4v) is 2.64. The van der Waals surface area contributed by atoms with Crippen molar-refractivity contribution in [3.8, 4) is 11.6 Å². The normalized spacial score (nSPS) is 13.5. The lowest BCUT2D eigenvalue weighted by atomic mass is 10.0. The summed E-state index contributed by atoms with van der Waals surface area (Å²) in [4.78, 5) is 19.6. The minimum absolute atomic E-state index is 0.0614. The molecule has 4 rings (SSSR count). The number of para-hydroxylation sites is 1. The average Bonchev–Trinajstić information content (AvgIpc) is 2.96. The lowest BCUT2D eigenvalue weighted by Crippen LogP contribution is -2.10. The number of fused-ring (bicyclic) bond motifs is 2. The van der Waals surface area contributed by atoms with Crippen molar-refractivity contribution in [2.75, 3.05) is 0 Å². The Hall–Kier alpha value is -3.08. The van der Waals surface area contributed by atoms with Crippen LogP contribution in [0.3, 0.4) is 0 Å². The van der Waals surface area contributed by atoms with Crippen LogP contribution in [0.2, 0.25) is 0 Å². The maximum atomic E-state index is 12.5. The molecule has 2 heterocycles. The molecule has 0 radical (unpaired) electrons. The quantitative estimate of drug-likeness (QED) is 0.639. The number of carbonyl (C=O) groups is 1. The number of aromatic nitrogens is 1. The second-order valence-corrected chi connectivity index (χ2v) is 4.89. The molecule has 3 aromatic rings. The topological polar surface area (TPSA) is 85.7 Å². The van der Waals surface area contributed by atoms with Gasteiger partial charge < -0.3 is 15.2 Å². The number of nitrogens with one attached hydrogen (secondary N) is 1. The Morgan fingerprint density at radius 3 is 2.67 bits per heavy atom. The molecule has 0 aliphatic carbocycles. The molecule has 1 aromatic heterocycles. The highest BCUT2D eigenvalue weighted by molar-refractivity contribution is 6.56. The Labute approximate surface area is 119 Å². The second-order valence-electron chi connectivity index (χ2n) is 4.89. The number of phenolic OH excluding ortho intramolecular Hbond substituents is 1. The van der Waals surface area contributed by atoms with Crippen LogP contribution in [0.1, 0.15) is 15.9 Å². The van der Waals surface area contributed by atoms with Crippen LogP contribution in [-0.4, -0.2) is 26.7 Å². The van der Waals surface area contributed by atoms with Gasteiger partial charge in [-0.25, -0.2) is 4.99 Å². The zero-order valence-electron chi connectivity index (χ0n) is 10.8. The van der Waals surface area contributed by atoms with Gasteiger partial charge in [0, 0.05) is 16.5 Å². The monoisotopic (exact) mass is 278 g/mol. The van der Waals surface area contributed by atoms with Crippen LogP contribution in [0.25, 0.3) is 10.9 Å². The number of phenols is 1. The van der Waals surface area contributed by atoms with E-state index in [2.05, 4.69) is 9.98 Å². The minimum atomic E-state index is -0.231. The first-order valence-electron chi connectivity index (χ1n) is 6.41. The van der Waals surface area contributed by atoms with E-state index in [-0.39, 0.29) is 23.1 Å². The van der Waals surface area contributed by atoms with Gasteiger partial charge in [0.25, 0.3) is 0 Å². The molecule has 3 N–H and O–H groups in total. The van der Waals surface area contributed by atoms with E-state index >= 15 is 0 Å². The molecule has 1 aliphatic rings. The lowest BCUT2D eigenvalue weighted by molar-refractivity contribution is 0.107. The van der Waals surface area contributed by atoms with Gasteiger partial charge in [0.2, 0.25) is 5.78 Å². The van der Waals surface area contributed by atoms with Gasteiger partial charge in [0.15, 0.2) is 5.88 Å². The van der Waals surface area contributed by atoms with E-state index in [0.29, 0.717) is 27.7 Å². The third-order valence-corrected chi connectivity index (χ3v) is 3.60. The van der Waals surface area contributed by atoms with Crippen LogP contribution in [0.5, 0.6) is 11.6 Å². The number of aliphatic imine (C=N–C) groups is 1. The third-order valence-electron chi connectivity index (χ3n) is 3.60. The lowest BCUT2D eigenvalue weighted by Gasteiger charge is -1.99. The highest BCUT2D eigenvalue weighted by Crippen LogP contribution is 2.36. The third kappa shape index (κ3) is 1.57. The summed E-state index contributed by atoms with van der Waals surface area (Å²) in [6.45, 7) is 0. The van der Waals surface area contributed by atoms with Gasteiger partial charge in [0.05, 0.1) is 11.3 Å². The number of aromatic hydroxyl groups is 2. The van der Waals surface area contributed by atoms with Crippen molar-refractivity contribution in [1.82, 2.24) is 4.98 Å². The number of H-pyrrole nitrogens is 1. The van der Waals surface area contributed by atoms with Crippen LogP contribution in [-0.2, 0) is 0 Å². The average molecular weight is 278 g/mol. The van der Waals surface area contributed by atoms with Gasteiger partial charge in [-0.05, 0) is 30.3 Å². The van der Waals surface area contributed by atoms with Crippen molar-refractivity contribution in [1.29, 1.82) is 0 Å². The molecule has 21 heavy (non-hydrogen) atoms. The van der Waals surface area contributed by atoms with E-state index < -0.39 is 0 Å². The number of ketones is 1. The van der Waals surface area contributed by atoms with E-state index in [4.69, 9.17) is 0 Å². The molecule has 1 aliphatic heterocycles. The van der Waals surface area contributed by atoms with Crippen LogP contribution >= 0.6 is 0 Å². The predicted molar refractivity (Wildman–Crippen MR) is 78.6 cm³/mol. The van der Waals surface area contributed by atoms with Gasteiger partial charge in [-0.2, -0.15) is 0 Å². The molecule has 0 fully saturated rings. The van der Waals surface area contributed by atoms with Crippen LogP contribution in [0.15, 0.2) is 47.5 Å². The van der Waals surface area contributed by atoms with Crippen LogP contribution < -0.4 is 0 Å².